The van der Waals surface area contributed by atoms with Gasteiger partial charge in [0.2, 0.25) is 0 Å². The molecule has 1 aliphatic heterocycles. The predicted octanol–water partition coefficient (Wildman–Crippen LogP) is 5.94. The van der Waals surface area contributed by atoms with Gasteiger partial charge in [0.15, 0.2) is 6.23 Å². The highest BCUT2D eigenvalue weighted by Gasteiger charge is 2.44. The summed E-state index contributed by atoms with van der Waals surface area (Å²) in [4.78, 5) is 27.1. The summed E-state index contributed by atoms with van der Waals surface area (Å²) >= 11 is 3.53. The van der Waals surface area contributed by atoms with Crippen molar-refractivity contribution in [1.29, 1.82) is 0 Å². The summed E-state index contributed by atoms with van der Waals surface area (Å²) in [5.41, 5.74) is 1.92. The van der Waals surface area contributed by atoms with E-state index < -0.39 is 6.23 Å². The summed E-state index contributed by atoms with van der Waals surface area (Å²) in [5.74, 6) is 0.233. The van der Waals surface area contributed by atoms with E-state index in [9.17, 15) is 14.7 Å². The Morgan fingerprint density at radius 3 is 2.25 bits per heavy atom. The quantitative estimate of drug-likeness (QED) is 0.312. The molecule has 0 bridgehead atoms. The van der Waals surface area contributed by atoms with Gasteiger partial charge in [0.1, 0.15) is 11.5 Å². The van der Waals surface area contributed by atoms with Crippen molar-refractivity contribution in [1.82, 2.24) is 0 Å². The van der Waals surface area contributed by atoms with Crippen LogP contribution in [0, 0.1) is 0 Å². The van der Waals surface area contributed by atoms with Crippen LogP contribution in [0.1, 0.15) is 61.3 Å². The Balaban J connectivity index is 1.84. The number of halogens is 1. The van der Waals surface area contributed by atoms with Crippen LogP contribution in [0.25, 0.3) is 10.8 Å². The minimum atomic E-state index is -1.28. The maximum absolute atomic E-state index is 13.9. The van der Waals surface area contributed by atoms with Gasteiger partial charge in [-0.25, -0.2) is 0 Å². The first-order chi connectivity index (χ1) is 17.4. The van der Waals surface area contributed by atoms with Gasteiger partial charge in [-0.05, 0) is 53.4 Å². The van der Waals surface area contributed by atoms with Crippen LogP contribution in [0.2, 0.25) is 0 Å². The lowest BCUT2D eigenvalue weighted by atomic mass is 9.98. The fraction of sp³-hybridized carbons (Fsp3) is 0.357. The Hall–Kier alpha value is -3.10. The van der Waals surface area contributed by atoms with E-state index in [0.717, 1.165) is 29.2 Å². The van der Waals surface area contributed by atoms with Gasteiger partial charge in [0, 0.05) is 15.2 Å². The molecule has 7 nitrogen and oxygen atoms in total. The second kappa shape index (κ2) is 11.3. The highest BCUT2D eigenvalue weighted by Crippen LogP contribution is 2.51. The van der Waals surface area contributed by atoms with Crippen LogP contribution < -0.4 is 14.4 Å². The zero-order chi connectivity index (χ0) is 25.8. The number of esters is 1. The second-order valence-electron chi connectivity index (χ2n) is 8.51. The summed E-state index contributed by atoms with van der Waals surface area (Å²) < 4.78 is 17.8. The Kier molecular flexibility index (Phi) is 8.16. The standard InChI is InChI=1S/C28H30BrNO6/c1-4-13-35-25-18-9-7-8-10-19(18)26(36-14-5-2)24-23(25)27(32)30(28(24)33)21-12-11-17(15-20(21)29)16-22(31)34-6-3/h7-12,15,27,32H,4-6,13-14,16H2,1-3H3. The molecule has 1 heterocycles. The molecular weight excluding hydrogens is 526 g/mol. The molecule has 0 saturated heterocycles. The normalized spacial score (nSPS) is 14.8. The van der Waals surface area contributed by atoms with Crippen LogP contribution >= 0.6 is 15.9 Å². The van der Waals surface area contributed by atoms with Crippen molar-refractivity contribution in [2.45, 2.75) is 46.3 Å². The van der Waals surface area contributed by atoms with E-state index in [4.69, 9.17) is 14.2 Å². The molecule has 4 rings (SSSR count). The van der Waals surface area contributed by atoms with E-state index in [0.29, 0.717) is 52.6 Å². The van der Waals surface area contributed by atoms with Crippen molar-refractivity contribution < 1.29 is 28.9 Å². The van der Waals surface area contributed by atoms with E-state index in [1.54, 1.807) is 25.1 Å². The number of amides is 1. The first-order valence-electron chi connectivity index (χ1n) is 12.2. The van der Waals surface area contributed by atoms with Crippen LogP contribution in [0.3, 0.4) is 0 Å². The average molecular weight is 556 g/mol. The van der Waals surface area contributed by atoms with Crippen LogP contribution in [0.15, 0.2) is 46.9 Å². The third kappa shape index (κ3) is 4.80. The maximum Gasteiger partial charge on any atom is 0.310 e. The molecule has 190 valence electrons. The molecule has 1 aliphatic rings. The average Bonchev–Trinajstić information content (AvgIpc) is 3.11. The van der Waals surface area contributed by atoms with Gasteiger partial charge in [0.25, 0.3) is 5.91 Å². The SMILES string of the molecule is CCCOc1c2c(c(OCCC)c3ccccc13)C(O)N(c1ccc(CC(=O)OCC)cc1Br)C2=O. The molecule has 0 aliphatic carbocycles. The fourth-order valence-corrected chi connectivity index (χ4v) is 5.02. The Morgan fingerprint density at radius 1 is 1.00 bits per heavy atom. The van der Waals surface area contributed by atoms with Crippen molar-refractivity contribution >= 4 is 44.3 Å². The molecular formula is C28H30BrNO6. The molecule has 3 aromatic rings. The van der Waals surface area contributed by atoms with Gasteiger partial charge >= 0.3 is 5.97 Å². The fourth-order valence-electron chi connectivity index (χ4n) is 4.40. The number of ether oxygens (including phenoxy) is 3. The lowest BCUT2D eigenvalue weighted by Crippen LogP contribution is -2.28. The van der Waals surface area contributed by atoms with Crippen molar-refractivity contribution in [2.24, 2.45) is 0 Å². The number of hydrogen-bond donors (Lipinski definition) is 1. The molecule has 0 fully saturated rings. The van der Waals surface area contributed by atoms with Crippen LogP contribution in [-0.2, 0) is 16.0 Å². The number of fused-ring (bicyclic) bond motifs is 2. The lowest BCUT2D eigenvalue weighted by molar-refractivity contribution is -0.142. The summed E-state index contributed by atoms with van der Waals surface area (Å²) in [6.07, 6.45) is 0.378. The number of aliphatic hydroxyl groups excluding tert-OH is 1. The monoisotopic (exact) mass is 555 g/mol. The first-order valence-corrected chi connectivity index (χ1v) is 13.0. The lowest BCUT2D eigenvalue weighted by Gasteiger charge is -2.23. The van der Waals surface area contributed by atoms with Crippen molar-refractivity contribution in [2.75, 3.05) is 24.7 Å². The van der Waals surface area contributed by atoms with Crippen molar-refractivity contribution in [3.8, 4) is 11.5 Å². The summed E-state index contributed by atoms with van der Waals surface area (Å²) in [6.45, 7) is 6.95. The van der Waals surface area contributed by atoms with E-state index >= 15 is 0 Å². The van der Waals surface area contributed by atoms with Crippen molar-refractivity contribution in [3.63, 3.8) is 0 Å². The Morgan fingerprint density at radius 2 is 1.64 bits per heavy atom. The molecule has 0 aromatic heterocycles. The Bertz CT molecular complexity index is 1290. The number of aliphatic hydroxyl groups is 1. The predicted molar refractivity (Wildman–Crippen MR) is 142 cm³/mol. The van der Waals surface area contributed by atoms with E-state index in [2.05, 4.69) is 15.9 Å². The Labute approximate surface area is 219 Å². The summed E-state index contributed by atoms with van der Waals surface area (Å²) in [7, 11) is 0. The number of hydrogen-bond acceptors (Lipinski definition) is 6. The molecule has 1 unspecified atom stereocenters. The van der Waals surface area contributed by atoms with Gasteiger partial charge < -0.3 is 19.3 Å². The minimum Gasteiger partial charge on any atom is -0.492 e. The number of rotatable bonds is 10. The molecule has 0 radical (unpaired) electrons. The van der Waals surface area contributed by atoms with Crippen LogP contribution in [0.5, 0.6) is 11.5 Å². The minimum absolute atomic E-state index is 0.110. The smallest absolute Gasteiger partial charge is 0.310 e. The molecule has 0 saturated carbocycles. The number of anilines is 1. The topological polar surface area (TPSA) is 85.3 Å². The molecule has 1 atom stereocenters. The van der Waals surface area contributed by atoms with E-state index in [1.165, 1.54) is 4.90 Å². The molecule has 0 spiro atoms. The zero-order valence-electron chi connectivity index (χ0n) is 20.7. The maximum atomic E-state index is 13.9. The number of carbonyl (C=O) groups is 2. The second-order valence-corrected chi connectivity index (χ2v) is 9.36. The summed E-state index contributed by atoms with van der Waals surface area (Å²) in [5, 5.41) is 13.1. The number of benzene rings is 3. The third-order valence-electron chi connectivity index (χ3n) is 5.92. The molecule has 36 heavy (non-hydrogen) atoms. The van der Waals surface area contributed by atoms with Crippen LogP contribution in [0.4, 0.5) is 5.69 Å². The molecule has 1 N–H and O–H groups in total. The van der Waals surface area contributed by atoms with E-state index in [-0.39, 0.29) is 18.3 Å². The largest absolute Gasteiger partial charge is 0.492 e. The highest BCUT2D eigenvalue weighted by atomic mass is 79.9. The molecule has 3 aromatic carbocycles. The van der Waals surface area contributed by atoms with Gasteiger partial charge in [-0.15, -0.1) is 0 Å². The molecule has 1 amide bonds. The van der Waals surface area contributed by atoms with Crippen LogP contribution in [-0.4, -0.2) is 36.8 Å². The highest BCUT2D eigenvalue weighted by molar-refractivity contribution is 9.10. The zero-order valence-corrected chi connectivity index (χ0v) is 22.3. The van der Waals surface area contributed by atoms with E-state index in [1.807, 2.05) is 38.1 Å². The number of nitrogens with zero attached hydrogens (tertiary/aromatic N) is 1. The number of carbonyl (C=O) groups excluding carboxylic acids is 2. The van der Waals surface area contributed by atoms with Gasteiger partial charge in [-0.1, -0.05) is 44.2 Å². The summed E-state index contributed by atoms with van der Waals surface area (Å²) in [6, 6.07) is 12.8. The first kappa shape index (κ1) is 26.0. The van der Waals surface area contributed by atoms with Crippen molar-refractivity contribution in [3.05, 3.63) is 63.6 Å². The van der Waals surface area contributed by atoms with Gasteiger partial charge in [-0.3, -0.25) is 14.5 Å². The molecule has 8 heteroatoms. The third-order valence-corrected chi connectivity index (χ3v) is 6.55. The van der Waals surface area contributed by atoms with Gasteiger partial charge in [-0.2, -0.15) is 0 Å². The van der Waals surface area contributed by atoms with Gasteiger partial charge in [0.05, 0.1) is 43.1 Å².